The maximum absolute atomic E-state index is 6.17. The van der Waals surface area contributed by atoms with Crippen molar-refractivity contribution in [3.63, 3.8) is 0 Å². The summed E-state index contributed by atoms with van der Waals surface area (Å²) in [4.78, 5) is 4.35. The molecule has 0 spiro atoms. The van der Waals surface area contributed by atoms with E-state index in [0.717, 1.165) is 22.0 Å². The molecule has 0 saturated carbocycles. The smallest absolute Gasteiger partial charge is 0.0707 e. The van der Waals surface area contributed by atoms with Gasteiger partial charge in [-0.3, -0.25) is 4.98 Å². The molecule has 0 fully saturated rings. The number of halogens is 2. The Morgan fingerprint density at radius 3 is 2.35 bits per heavy atom. The Balaban J connectivity index is 2.07. The number of fused-ring (bicyclic) bond motifs is 1. The number of nitrogens with zero attached hydrogens (tertiary/aromatic N) is 1. The van der Waals surface area contributed by atoms with E-state index >= 15 is 0 Å². The van der Waals surface area contributed by atoms with Gasteiger partial charge in [0.2, 0.25) is 0 Å². The first-order valence-electron chi connectivity index (χ1n) is 6.21. The van der Waals surface area contributed by atoms with Gasteiger partial charge in [-0.25, -0.2) is 0 Å². The molecule has 0 radical (unpaired) electrons. The lowest BCUT2D eigenvalue weighted by Gasteiger charge is -2.03. The van der Waals surface area contributed by atoms with Gasteiger partial charge in [0.05, 0.1) is 5.52 Å². The quantitative estimate of drug-likeness (QED) is 0.590. The standard InChI is InChI=1S/C17H11Cl2N/c18-15-5-3-6-16(19)14(15)9-8-12-10-11-20-17-7-2-1-4-13(12)17/h1-11H/b9-8-. The fourth-order valence-corrected chi connectivity index (χ4v) is 2.63. The maximum atomic E-state index is 6.17. The Kier molecular flexibility index (Phi) is 3.72. The Morgan fingerprint density at radius 1 is 0.800 bits per heavy atom. The summed E-state index contributed by atoms with van der Waals surface area (Å²) < 4.78 is 0. The predicted octanol–water partition coefficient (Wildman–Crippen LogP) is 5.71. The Labute approximate surface area is 127 Å². The molecule has 1 heterocycles. The van der Waals surface area contributed by atoms with E-state index in [-0.39, 0.29) is 0 Å². The van der Waals surface area contributed by atoms with E-state index in [1.54, 1.807) is 6.20 Å². The summed E-state index contributed by atoms with van der Waals surface area (Å²) in [6.07, 6.45) is 5.75. The number of pyridine rings is 1. The monoisotopic (exact) mass is 299 g/mol. The summed E-state index contributed by atoms with van der Waals surface area (Å²) >= 11 is 12.3. The zero-order valence-corrected chi connectivity index (χ0v) is 12.1. The van der Waals surface area contributed by atoms with Gasteiger partial charge in [-0.15, -0.1) is 0 Å². The molecule has 20 heavy (non-hydrogen) atoms. The first kappa shape index (κ1) is 13.2. The number of rotatable bonds is 2. The van der Waals surface area contributed by atoms with E-state index < -0.39 is 0 Å². The molecular formula is C17H11Cl2N. The van der Waals surface area contributed by atoms with Crippen LogP contribution in [0, 0.1) is 0 Å². The molecule has 3 aromatic rings. The van der Waals surface area contributed by atoms with Crippen LogP contribution in [0.2, 0.25) is 10.0 Å². The second-order valence-corrected chi connectivity index (χ2v) is 5.20. The van der Waals surface area contributed by atoms with Crippen LogP contribution in [0.25, 0.3) is 23.1 Å². The zero-order chi connectivity index (χ0) is 13.9. The van der Waals surface area contributed by atoms with Crippen LogP contribution in [0.15, 0.2) is 54.7 Å². The fourth-order valence-electron chi connectivity index (χ4n) is 2.11. The number of para-hydroxylation sites is 1. The SMILES string of the molecule is Clc1cccc(Cl)c1/C=C\c1ccnc2ccccc12. The van der Waals surface area contributed by atoms with Crippen molar-refractivity contribution in [1.82, 2.24) is 4.98 Å². The van der Waals surface area contributed by atoms with Crippen molar-refractivity contribution in [2.24, 2.45) is 0 Å². The lowest BCUT2D eigenvalue weighted by atomic mass is 10.1. The molecule has 0 bridgehead atoms. The Hall–Kier alpha value is -1.83. The summed E-state index contributed by atoms with van der Waals surface area (Å²) in [6, 6.07) is 15.5. The van der Waals surface area contributed by atoms with Crippen LogP contribution in [-0.4, -0.2) is 4.98 Å². The third-order valence-electron chi connectivity index (χ3n) is 3.11. The van der Waals surface area contributed by atoms with Crippen molar-refractivity contribution in [2.45, 2.75) is 0 Å². The van der Waals surface area contributed by atoms with Gasteiger partial charge in [-0.2, -0.15) is 0 Å². The maximum Gasteiger partial charge on any atom is 0.0707 e. The summed E-state index contributed by atoms with van der Waals surface area (Å²) in [5, 5.41) is 2.40. The molecule has 0 saturated heterocycles. The van der Waals surface area contributed by atoms with Crippen molar-refractivity contribution in [1.29, 1.82) is 0 Å². The second kappa shape index (κ2) is 5.66. The lowest BCUT2D eigenvalue weighted by Crippen LogP contribution is -1.82. The van der Waals surface area contributed by atoms with Gasteiger partial charge in [-0.05, 0) is 29.8 Å². The van der Waals surface area contributed by atoms with Gasteiger partial charge in [0, 0.05) is 27.2 Å². The highest BCUT2D eigenvalue weighted by atomic mass is 35.5. The summed E-state index contributed by atoms with van der Waals surface area (Å²) in [5.74, 6) is 0. The van der Waals surface area contributed by atoms with Crippen molar-refractivity contribution < 1.29 is 0 Å². The highest BCUT2D eigenvalue weighted by Gasteiger charge is 2.02. The molecule has 0 aliphatic heterocycles. The van der Waals surface area contributed by atoms with Crippen LogP contribution in [0.1, 0.15) is 11.1 Å². The minimum absolute atomic E-state index is 0.645. The molecule has 98 valence electrons. The molecule has 0 N–H and O–H groups in total. The van der Waals surface area contributed by atoms with Gasteiger partial charge in [0.15, 0.2) is 0 Å². The van der Waals surface area contributed by atoms with Gasteiger partial charge >= 0.3 is 0 Å². The number of hydrogen-bond acceptors (Lipinski definition) is 1. The molecule has 1 nitrogen and oxygen atoms in total. The molecule has 0 aliphatic carbocycles. The molecule has 1 aromatic heterocycles. The summed E-state index contributed by atoms with van der Waals surface area (Å²) in [7, 11) is 0. The molecule has 3 heteroatoms. The minimum Gasteiger partial charge on any atom is -0.256 e. The third-order valence-corrected chi connectivity index (χ3v) is 3.77. The molecule has 0 aliphatic rings. The average molecular weight is 300 g/mol. The first-order valence-corrected chi connectivity index (χ1v) is 6.97. The molecule has 0 unspecified atom stereocenters. The summed E-state index contributed by atoms with van der Waals surface area (Å²) in [6.45, 7) is 0. The normalized spacial score (nSPS) is 11.3. The van der Waals surface area contributed by atoms with Crippen LogP contribution >= 0.6 is 23.2 Å². The van der Waals surface area contributed by atoms with Crippen molar-refractivity contribution in [3.8, 4) is 0 Å². The number of benzene rings is 2. The lowest BCUT2D eigenvalue weighted by molar-refractivity contribution is 1.41. The molecule has 0 atom stereocenters. The largest absolute Gasteiger partial charge is 0.256 e. The average Bonchev–Trinajstić information content (AvgIpc) is 2.47. The van der Waals surface area contributed by atoms with Crippen LogP contribution in [-0.2, 0) is 0 Å². The van der Waals surface area contributed by atoms with E-state index in [1.807, 2.05) is 54.6 Å². The van der Waals surface area contributed by atoms with E-state index in [1.165, 1.54) is 0 Å². The van der Waals surface area contributed by atoms with Crippen molar-refractivity contribution in [3.05, 3.63) is 75.9 Å². The van der Waals surface area contributed by atoms with Gasteiger partial charge in [0.1, 0.15) is 0 Å². The van der Waals surface area contributed by atoms with Gasteiger partial charge in [0.25, 0.3) is 0 Å². The van der Waals surface area contributed by atoms with E-state index in [9.17, 15) is 0 Å². The first-order chi connectivity index (χ1) is 9.75. The highest BCUT2D eigenvalue weighted by molar-refractivity contribution is 6.37. The van der Waals surface area contributed by atoms with Crippen molar-refractivity contribution >= 4 is 46.3 Å². The number of hydrogen-bond donors (Lipinski definition) is 0. The molecular weight excluding hydrogens is 289 g/mol. The third kappa shape index (κ3) is 2.55. The van der Waals surface area contributed by atoms with Gasteiger partial charge in [-0.1, -0.05) is 59.6 Å². The number of aromatic nitrogens is 1. The minimum atomic E-state index is 0.645. The van der Waals surface area contributed by atoms with Crippen LogP contribution < -0.4 is 0 Å². The van der Waals surface area contributed by atoms with Crippen LogP contribution in [0.5, 0.6) is 0 Å². The van der Waals surface area contributed by atoms with Gasteiger partial charge < -0.3 is 0 Å². The van der Waals surface area contributed by atoms with Crippen LogP contribution in [0.3, 0.4) is 0 Å². The zero-order valence-electron chi connectivity index (χ0n) is 10.6. The van der Waals surface area contributed by atoms with Crippen LogP contribution in [0.4, 0.5) is 0 Å². The van der Waals surface area contributed by atoms with E-state index in [2.05, 4.69) is 11.1 Å². The topological polar surface area (TPSA) is 12.9 Å². The summed E-state index contributed by atoms with van der Waals surface area (Å²) in [5.41, 5.74) is 2.89. The second-order valence-electron chi connectivity index (χ2n) is 4.39. The Morgan fingerprint density at radius 2 is 1.55 bits per heavy atom. The molecule has 2 aromatic carbocycles. The Bertz CT molecular complexity index is 768. The fraction of sp³-hybridized carbons (Fsp3) is 0. The molecule has 0 amide bonds. The van der Waals surface area contributed by atoms with Crippen molar-refractivity contribution in [2.75, 3.05) is 0 Å². The molecule has 3 rings (SSSR count). The predicted molar refractivity (Wildman–Crippen MR) is 87.1 cm³/mol. The van der Waals surface area contributed by atoms with E-state index in [4.69, 9.17) is 23.2 Å². The van der Waals surface area contributed by atoms with E-state index in [0.29, 0.717) is 10.0 Å². The highest BCUT2D eigenvalue weighted by Crippen LogP contribution is 2.27.